The van der Waals surface area contributed by atoms with Gasteiger partial charge >= 0.3 is 6.03 Å². The second-order valence-corrected chi connectivity index (χ2v) is 8.32. The molecule has 3 aromatic rings. The number of methoxy groups -OCH3 is 2. The number of carbonyl (C=O) groups is 2. The van der Waals surface area contributed by atoms with Crippen LogP contribution < -0.4 is 19.3 Å². The highest BCUT2D eigenvalue weighted by atomic mass is 19.1. The van der Waals surface area contributed by atoms with Gasteiger partial charge in [0.1, 0.15) is 11.5 Å². The Labute approximate surface area is 211 Å². The van der Waals surface area contributed by atoms with E-state index in [0.717, 1.165) is 11.0 Å². The Morgan fingerprint density at radius 3 is 2.43 bits per heavy atom. The van der Waals surface area contributed by atoms with Crippen molar-refractivity contribution in [1.29, 1.82) is 0 Å². The van der Waals surface area contributed by atoms with Crippen molar-refractivity contribution in [3.63, 3.8) is 0 Å². The summed E-state index contributed by atoms with van der Waals surface area (Å²) in [6.07, 6.45) is 3.20. The quantitative estimate of drug-likeness (QED) is 0.362. The van der Waals surface area contributed by atoms with Gasteiger partial charge in [0.15, 0.2) is 28.9 Å². The van der Waals surface area contributed by atoms with Gasteiger partial charge in [0.25, 0.3) is 0 Å². The zero-order valence-corrected chi connectivity index (χ0v) is 20.3. The van der Waals surface area contributed by atoms with Crippen molar-refractivity contribution in [2.75, 3.05) is 24.0 Å². The summed E-state index contributed by atoms with van der Waals surface area (Å²) in [6, 6.07) is 7.64. The number of aromatic nitrogens is 1. The largest absolute Gasteiger partial charge is 0.493 e. The molecule has 2 amide bonds. The summed E-state index contributed by atoms with van der Waals surface area (Å²) >= 11 is 0. The maximum atomic E-state index is 15.3. The second-order valence-electron chi connectivity index (χ2n) is 8.32. The third-order valence-electron chi connectivity index (χ3n) is 6.00. The molecule has 0 N–H and O–H groups in total. The van der Waals surface area contributed by atoms with Crippen LogP contribution in [0.25, 0.3) is 0 Å². The Balaban J connectivity index is 1.82. The highest BCUT2D eigenvalue weighted by Gasteiger charge is 2.37. The number of carbonyl (C=O) groups excluding carboxylic acids is 2. The number of ketones is 1. The zero-order chi connectivity index (χ0) is 26.7. The van der Waals surface area contributed by atoms with E-state index < -0.39 is 29.2 Å². The van der Waals surface area contributed by atoms with Crippen LogP contribution in [-0.2, 0) is 24.3 Å². The van der Waals surface area contributed by atoms with Crippen LogP contribution in [-0.4, -0.2) is 31.0 Å². The molecule has 0 radical (unpaired) electrons. The number of halogens is 3. The average molecular weight is 512 g/mol. The third kappa shape index (κ3) is 5.13. The smallest absolute Gasteiger partial charge is 0.329 e. The van der Waals surface area contributed by atoms with Crippen molar-refractivity contribution in [2.45, 2.75) is 25.9 Å². The van der Waals surface area contributed by atoms with Gasteiger partial charge < -0.3 is 9.47 Å². The van der Waals surface area contributed by atoms with Crippen LogP contribution in [0.1, 0.15) is 23.2 Å². The number of rotatable bonds is 9. The number of ether oxygens (including phenoxy) is 2. The first-order valence-corrected chi connectivity index (χ1v) is 11.3. The molecule has 7 nitrogen and oxygen atoms in total. The number of benzene rings is 2. The molecule has 10 heteroatoms. The summed E-state index contributed by atoms with van der Waals surface area (Å²) in [5, 5.41) is 0. The van der Waals surface area contributed by atoms with Gasteiger partial charge in [-0.25, -0.2) is 18.0 Å². The molecule has 0 spiro atoms. The minimum atomic E-state index is -1.07. The van der Waals surface area contributed by atoms with E-state index in [0.29, 0.717) is 28.9 Å². The molecule has 1 aliphatic heterocycles. The van der Waals surface area contributed by atoms with Crippen molar-refractivity contribution in [3.8, 4) is 11.5 Å². The number of pyridine rings is 1. The van der Waals surface area contributed by atoms with Gasteiger partial charge in [0.2, 0.25) is 0 Å². The van der Waals surface area contributed by atoms with E-state index in [4.69, 9.17) is 9.47 Å². The molecule has 2 heterocycles. The lowest BCUT2D eigenvalue weighted by Gasteiger charge is -2.37. The molecule has 4 rings (SSSR count). The summed E-state index contributed by atoms with van der Waals surface area (Å²) < 4.78 is 54.6. The van der Waals surface area contributed by atoms with Gasteiger partial charge in [-0.2, -0.15) is 0 Å². The molecule has 1 aromatic heterocycles. The SMILES string of the molecule is C=CC(=O)CCc1cc2c(cn1)CN(c1c(F)c(OC)cc(OC)c1F)C(=O)N2Cc1cccc(F)c1. The van der Waals surface area contributed by atoms with Crippen LogP contribution in [0.5, 0.6) is 11.5 Å². The predicted molar refractivity (Wildman–Crippen MR) is 131 cm³/mol. The van der Waals surface area contributed by atoms with Crippen molar-refractivity contribution >= 4 is 23.2 Å². The molecule has 0 fully saturated rings. The van der Waals surface area contributed by atoms with Crippen LogP contribution in [0.3, 0.4) is 0 Å². The Kier molecular flexibility index (Phi) is 7.47. The normalized spacial score (nSPS) is 12.8. The maximum absolute atomic E-state index is 15.3. The third-order valence-corrected chi connectivity index (χ3v) is 6.00. The van der Waals surface area contributed by atoms with E-state index in [9.17, 15) is 14.0 Å². The number of allylic oxidation sites excluding steroid dienone is 1. The summed E-state index contributed by atoms with van der Waals surface area (Å²) in [5.74, 6) is -3.40. The van der Waals surface area contributed by atoms with Gasteiger partial charge in [-0.15, -0.1) is 0 Å². The monoisotopic (exact) mass is 511 g/mol. The molecule has 0 atom stereocenters. The Bertz CT molecular complexity index is 1350. The van der Waals surface area contributed by atoms with E-state index in [1.54, 1.807) is 12.1 Å². The molecular formula is C27H24F3N3O4. The van der Waals surface area contributed by atoms with E-state index in [-0.39, 0.29) is 36.8 Å². The van der Waals surface area contributed by atoms with Crippen molar-refractivity contribution in [2.24, 2.45) is 0 Å². The molecular weight excluding hydrogens is 487 g/mol. The molecule has 2 aromatic carbocycles. The van der Waals surface area contributed by atoms with Gasteiger partial charge in [-0.3, -0.25) is 19.6 Å². The molecule has 192 valence electrons. The van der Waals surface area contributed by atoms with Crippen LogP contribution in [0.2, 0.25) is 0 Å². The number of fused-ring (bicyclic) bond motifs is 1. The standard InChI is InChI=1S/C27H24F3N3O4/c1-4-20(34)9-8-19-11-21-17(13-31-19)15-33(26-24(29)22(36-2)12-23(37-3)25(26)30)27(35)32(21)14-16-6-5-7-18(28)10-16/h4-7,10-13H,1,8-9,14-15H2,2-3H3. The molecule has 37 heavy (non-hydrogen) atoms. The summed E-state index contributed by atoms with van der Waals surface area (Å²) in [5.41, 5.74) is 1.30. The molecule has 0 saturated heterocycles. The highest BCUT2D eigenvalue weighted by Crippen LogP contribution is 2.41. The Morgan fingerprint density at radius 1 is 1.11 bits per heavy atom. The van der Waals surface area contributed by atoms with Crippen molar-refractivity contribution in [1.82, 2.24) is 4.98 Å². The van der Waals surface area contributed by atoms with Crippen molar-refractivity contribution < 1.29 is 32.2 Å². The topological polar surface area (TPSA) is 72.0 Å². The fourth-order valence-electron chi connectivity index (χ4n) is 4.12. The molecule has 0 bridgehead atoms. The van der Waals surface area contributed by atoms with E-state index >= 15 is 8.78 Å². The first-order chi connectivity index (χ1) is 17.8. The minimum Gasteiger partial charge on any atom is -0.493 e. The first-order valence-electron chi connectivity index (χ1n) is 11.3. The number of hydrogen-bond donors (Lipinski definition) is 0. The van der Waals surface area contributed by atoms with E-state index in [1.165, 1.54) is 49.6 Å². The maximum Gasteiger partial charge on any atom is 0.329 e. The van der Waals surface area contributed by atoms with Crippen LogP contribution in [0.15, 0.2) is 55.3 Å². The number of nitrogens with zero attached hydrogens (tertiary/aromatic N) is 3. The lowest BCUT2D eigenvalue weighted by Crippen LogP contribution is -2.47. The number of aryl methyl sites for hydroxylation is 1. The van der Waals surface area contributed by atoms with Crippen LogP contribution in [0, 0.1) is 17.5 Å². The lowest BCUT2D eigenvalue weighted by atomic mass is 10.1. The van der Waals surface area contributed by atoms with Crippen LogP contribution in [0.4, 0.5) is 29.3 Å². The predicted octanol–water partition coefficient (Wildman–Crippen LogP) is 5.35. The number of anilines is 2. The summed E-state index contributed by atoms with van der Waals surface area (Å²) in [4.78, 5) is 32.0. The summed E-state index contributed by atoms with van der Waals surface area (Å²) in [6.45, 7) is 3.18. The minimum absolute atomic E-state index is 0.0839. The Morgan fingerprint density at radius 2 is 1.81 bits per heavy atom. The average Bonchev–Trinajstić information content (AvgIpc) is 2.89. The number of hydrogen-bond acceptors (Lipinski definition) is 5. The second kappa shape index (κ2) is 10.7. The molecule has 1 aliphatic rings. The fourth-order valence-corrected chi connectivity index (χ4v) is 4.12. The lowest BCUT2D eigenvalue weighted by molar-refractivity contribution is -0.114. The van der Waals surface area contributed by atoms with Gasteiger partial charge in [0, 0.05) is 29.9 Å². The highest BCUT2D eigenvalue weighted by molar-refractivity contribution is 6.06. The molecule has 0 saturated carbocycles. The summed E-state index contributed by atoms with van der Waals surface area (Å²) in [7, 11) is 2.43. The van der Waals surface area contributed by atoms with Gasteiger partial charge in [0.05, 0.1) is 33.0 Å². The molecule has 0 unspecified atom stereocenters. The Hall–Kier alpha value is -4.34. The van der Waals surface area contributed by atoms with Crippen molar-refractivity contribution in [3.05, 3.63) is 89.5 Å². The number of urea groups is 1. The van der Waals surface area contributed by atoms with Gasteiger partial charge in [-0.05, 0) is 36.3 Å². The molecule has 0 aliphatic carbocycles. The number of amides is 2. The van der Waals surface area contributed by atoms with Gasteiger partial charge in [-0.1, -0.05) is 18.7 Å². The zero-order valence-electron chi connectivity index (χ0n) is 20.3. The first kappa shape index (κ1) is 25.7. The van der Waals surface area contributed by atoms with E-state index in [2.05, 4.69) is 11.6 Å². The van der Waals surface area contributed by atoms with Crippen LogP contribution >= 0.6 is 0 Å². The fraction of sp³-hybridized carbons (Fsp3) is 0.222. The van der Waals surface area contributed by atoms with E-state index in [1.807, 2.05) is 0 Å².